The molecule has 0 aliphatic carbocycles. The molecule has 0 saturated carbocycles. The maximum atomic E-state index is 12.3. The van der Waals surface area contributed by atoms with E-state index in [0.29, 0.717) is 16.9 Å². The molecule has 0 aliphatic heterocycles. The highest BCUT2D eigenvalue weighted by Gasteiger charge is 2.13. The number of benzene rings is 2. The third kappa shape index (κ3) is 3.75. The van der Waals surface area contributed by atoms with Crippen molar-refractivity contribution in [1.29, 1.82) is 0 Å². The zero-order valence-corrected chi connectivity index (χ0v) is 14.1. The number of ketones is 1. The number of fused-ring (bicyclic) bond motifs is 1. The Hall–Kier alpha value is -3.54. The van der Waals surface area contributed by atoms with E-state index in [4.69, 9.17) is 9.47 Å². The van der Waals surface area contributed by atoms with Crippen molar-refractivity contribution in [1.82, 2.24) is 4.98 Å². The lowest BCUT2D eigenvalue weighted by Crippen LogP contribution is -2.12. The van der Waals surface area contributed by atoms with E-state index in [1.165, 1.54) is 25.3 Å². The Morgan fingerprint density at radius 1 is 1.19 bits per heavy atom. The summed E-state index contributed by atoms with van der Waals surface area (Å²) < 4.78 is 10.0. The summed E-state index contributed by atoms with van der Waals surface area (Å²) in [5.41, 5.74) is 1.99. The molecule has 0 fully saturated rings. The minimum Gasteiger partial charge on any atom is -0.504 e. The smallest absolute Gasteiger partial charge is 0.331 e. The highest BCUT2D eigenvalue weighted by atomic mass is 16.5. The Labute approximate surface area is 149 Å². The van der Waals surface area contributed by atoms with E-state index < -0.39 is 5.97 Å². The normalized spacial score (nSPS) is 11.0. The fraction of sp³-hybridized carbons (Fsp3) is 0.100. The molecule has 132 valence electrons. The van der Waals surface area contributed by atoms with Gasteiger partial charge in [-0.05, 0) is 29.8 Å². The van der Waals surface area contributed by atoms with Crippen molar-refractivity contribution in [3.63, 3.8) is 0 Å². The van der Waals surface area contributed by atoms with E-state index in [0.717, 1.165) is 10.9 Å². The molecule has 3 rings (SSSR count). The van der Waals surface area contributed by atoms with Crippen molar-refractivity contribution in [2.24, 2.45) is 0 Å². The van der Waals surface area contributed by atoms with E-state index in [2.05, 4.69) is 4.98 Å². The first-order chi connectivity index (χ1) is 12.6. The summed E-state index contributed by atoms with van der Waals surface area (Å²) in [5, 5.41) is 10.3. The monoisotopic (exact) mass is 351 g/mol. The minimum absolute atomic E-state index is 0.0107. The summed E-state index contributed by atoms with van der Waals surface area (Å²) in [4.78, 5) is 27.1. The van der Waals surface area contributed by atoms with Gasteiger partial charge >= 0.3 is 5.97 Å². The number of aromatic hydroxyl groups is 1. The number of aromatic amines is 1. The Morgan fingerprint density at radius 2 is 2.00 bits per heavy atom. The average molecular weight is 351 g/mol. The maximum Gasteiger partial charge on any atom is 0.331 e. The van der Waals surface area contributed by atoms with Gasteiger partial charge in [-0.15, -0.1) is 0 Å². The number of H-pyrrole nitrogens is 1. The van der Waals surface area contributed by atoms with Crippen LogP contribution >= 0.6 is 0 Å². The van der Waals surface area contributed by atoms with Crippen molar-refractivity contribution < 1.29 is 24.2 Å². The Balaban J connectivity index is 1.61. The third-order valence-electron chi connectivity index (χ3n) is 3.85. The number of phenols is 1. The van der Waals surface area contributed by atoms with E-state index in [-0.39, 0.29) is 18.1 Å². The molecule has 0 unspecified atom stereocenters. The van der Waals surface area contributed by atoms with Crippen LogP contribution in [0.3, 0.4) is 0 Å². The van der Waals surface area contributed by atoms with Crippen molar-refractivity contribution in [2.45, 2.75) is 0 Å². The van der Waals surface area contributed by atoms with Crippen molar-refractivity contribution in [3.05, 3.63) is 65.9 Å². The van der Waals surface area contributed by atoms with Crippen LogP contribution in [0.15, 0.2) is 54.7 Å². The van der Waals surface area contributed by atoms with Gasteiger partial charge in [-0.25, -0.2) is 4.79 Å². The van der Waals surface area contributed by atoms with Crippen LogP contribution in [-0.4, -0.2) is 35.6 Å². The summed E-state index contributed by atoms with van der Waals surface area (Å²) in [6.07, 6.45) is 4.34. The zero-order valence-electron chi connectivity index (χ0n) is 14.1. The largest absolute Gasteiger partial charge is 0.504 e. The molecule has 0 bridgehead atoms. The number of ether oxygens (including phenoxy) is 2. The summed E-state index contributed by atoms with van der Waals surface area (Å²) in [6.45, 7) is -0.343. The molecule has 3 aromatic rings. The Kier molecular flexibility index (Phi) is 5.03. The van der Waals surface area contributed by atoms with Crippen LogP contribution in [0.4, 0.5) is 0 Å². The molecule has 6 heteroatoms. The molecule has 0 amide bonds. The first-order valence-electron chi connectivity index (χ1n) is 7.89. The summed E-state index contributed by atoms with van der Waals surface area (Å²) in [6, 6.07) is 12.1. The zero-order chi connectivity index (χ0) is 18.5. The van der Waals surface area contributed by atoms with Crippen LogP contribution in [0.25, 0.3) is 17.0 Å². The molecule has 2 N–H and O–H groups in total. The molecule has 0 aliphatic rings. The van der Waals surface area contributed by atoms with Gasteiger partial charge in [0.05, 0.1) is 7.11 Å². The number of rotatable bonds is 6. The van der Waals surface area contributed by atoms with Gasteiger partial charge in [0.25, 0.3) is 0 Å². The van der Waals surface area contributed by atoms with Crippen molar-refractivity contribution in [3.8, 4) is 11.5 Å². The van der Waals surface area contributed by atoms with Crippen LogP contribution in [0.5, 0.6) is 11.5 Å². The van der Waals surface area contributed by atoms with Crippen LogP contribution < -0.4 is 4.74 Å². The second-order valence-corrected chi connectivity index (χ2v) is 5.54. The number of hydrogen-bond donors (Lipinski definition) is 2. The standard InChI is InChI=1S/C20H17NO5/c1-25-19-10-13(6-8-17(19)22)7-9-20(24)26-12-18(23)15-11-21-16-5-3-2-4-14(15)16/h2-11,21-22H,12H2,1H3. The highest BCUT2D eigenvalue weighted by molar-refractivity contribution is 6.09. The average Bonchev–Trinajstić information content (AvgIpc) is 3.09. The van der Waals surface area contributed by atoms with Gasteiger partial charge in [-0.1, -0.05) is 24.3 Å². The van der Waals surface area contributed by atoms with Crippen LogP contribution in [-0.2, 0) is 9.53 Å². The predicted molar refractivity (Wildman–Crippen MR) is 97.3 cm³/mol. The molecule has 2 aromatic carbocycles. The molecular formula is C20H17NO5. The fourth-order valence-corrected chi connectivity index (χ4v) is 2.53. The fourth-order valence-electron chi connectivity index (χ4n) is 2.53. The molecule has 6 nitrogen and oxygen atoms in total. The van der Waals surface area contributed by atoms with E-state index in [1.807, 2.05) is 24.3 Å². The molecule has 0 spiro atoms. The van der Waals surface area contributed by atoms with Gasteiger partial charge in [-0.2, -0.15) is 0 Å². The number of para-hydroxylation sites is 1. The second-order valence-electron chi connectivity index (χ2n) is 5.54. The van der Waals surface area contributed by atoms with Gasteiger partial charge in [0.1, 0.15) is 0 Å². The number of esters is 1. The first-order valence-corrected chi connectivity index (χ1v) is 7.89. The van der Waals surface area contributed by atoms with Crippen molar-refractivity contribution in [2.75, 3.05) is 13.7 Å². The summed E-state index contributed by atoms with van der Waals surface area (Å²) >= 11 is 0. The number of carbonyl (C=O) groups excluding carboxylic acids is 2. The van der Waals surface area contributed by atoms with E-state index in [1.54, 1.807) is 18.3 Å². The number of phenolic OH excluding ortho intramolecular Hbond substituents is 1. The van der Waals surface area contributed by atoms with E-state index >= 15 is 0 Å². The number of Topliss-reactive ketones (excluding diaryl/α,β-unsaturated/α-hetero) is 1. The minimum atomic E-state index is -0.634. The predicted octanol–water partition coefficient (Wildman–Crippen LogP) is 3.32. The molecule has 26 heavy (non-hydrogen) atoms. The van der Waals surface area contributed by atoms with Crippen LogP contribution in [0.1, 0.15) is 15.9 Å². The SMILES string of the molecule is COc1cc(C=CC(=O)OCC(=O)c2c[nH]c3ccccc23)ccc1O. The summed E-state index contributed by atoms with van der Waals surface area (Å²) in [5.74, 6) is -0.604. The van der Waals surface area contributed by atoms with Crippen LogP contribution in [0.2, 0.25) is 0 Å². The number of carbonyl (C=O) groups is 2. The summed E-state index contributed by atoms with van der Waals surface area (Å²) in [7, 11) is 1.44. The lowest BCUT2D eigenvalue weighted by atomic mass is 10.1. The number of hydrogen-bond acceptors (Lipinski definition) is 5. The lowest BCUT2D eigenvalue weighted by Gasteiger charge is -2.04. The molecule has 0 radical (unpaired) electrons. The molecular weight excluding hydrogens is 334 g/mol. The van der Waals surface area contributed by atoms with Crippen LogP contribution in [0, 0.1) is 0 Å². The van der Waals surface area contributed by atoms with Gasteiger partial charge in [0.2, 0.25) is 5.78 Å². The first kappa shape index (κ1) is 17.3. The lowest BCUT2D eigenvalue weighted by molar-refractivity contribution is -0.136. The number of nitrogens with one attached hydrogen (secondary N) is 1. The molecule has 1 heterocycles. The maximum absolute atomic E-state index is 12.3. The topological polar surface area (TPSA) is 88.6 Å². The van der Waals surface area contributed by atoms with Gasteiger partial charge in [0, 0.05) is 28.7 Å². The highest BCUT2D eigenvalue weighted by Crippen LogP contribution is 2.26. The second kappa shape index (κ2) is 7.57. The van der Waals surface area contributed by atoms with E-state index in [9.17, 15) is 14.7 Å². The molecule has 0 atom stereocenters. The van der Waals surface area contributed by atoms with Crippen molar-refractivity contribution >= 4 is 28.7 Å². The molecule has 0 saturated heterocycles. The van der Waals surface area contributed by atoms with Gasteiger partial charge < -0.3 is 19.6 Å². The Bertz CT molecular complexity index is 987. The number of aromatic nitrogens is 1. The van der Waals surface area contributed by atoms with Gasteiger partial charge in [0.15, 0.2) is 18.1 Å². The Morgan fingerprint density at radius 3 is 2.81 bits per heavy atom. The van der Waals surface area contributed by atoms with Gasteiger partial charge in [-0.3, -0.25) is 4.79 Å². The number of methoxy groups -OCH3 is 1. The third-order valence-corrected chi connectivity index (χ3v) is 3.85. The molecule has 1 aromatic heterocycles. The quantitative estimate of drug-likeness (QED) is 0.404.